The van der Waals surface area contributed by atoms with Crippen LogP contribution in [0.2, 0.25) is 0 Å². The van der Waals surface area contributed by atoms with Gasteiger partial charge in [0.25, 0.3) is 0 Å². The van der Waals surface area contributed by atoms with Gasteiger partial charge in [-0.25, -0.2) is 4.98 Å². The highest BCUT2D eigenvalue weighted by Gasteiger charge is 2.33. The van der Waals surface area contributed by atoms with Gasteiger partial charge in [0, 0.05) is 18.3 Å². The van der Waals surface area contributed by atoms with Crippen LogP contribution in [0.4, 0.5) is 17.5 Å². The van der Waals surface area contributed by atoms with E-state index in [2.05, 4.69) is 17.2 Å². The van der Waals surface area contributed by atoms with Crippen molar-refractivity contribution in [3.63, 3.8) is 0 Å². The first-order valence-electron chi connectivity index (χ1n) is 9.54. The van der Waals surface area contributed by atoms with E-state index in [4.69, 9.17) is 9.72 Å². The summed E-state index contributed by atoms with van der Waals surface area (Å²) < 4.78 is 5.43. The molecule has 0 radical (unpaired) electrons. The number of nitrogens with one attached hydrogen (secondary N) is 1. The molecule has 0 bridgehead atoms. The van der Waals surface area contributed by atoms with E-state index in [0.29, 0.717) is 35.9 Å². The largest absolute Gasteiger partial charge is 0.491 e. The SMILES string of the molecule is COc1cnc(N2c3cccc(B(O)O)c3CC2C)nc1NCc1ccccc1. The molecule has 4 rings (SSSR count). The summed E-state index contributed by atoms with van der Waals surface area (Å²) in [5.41, 5.74) is 3.46. The highest BCUT2D eigenvalue weighted by atomic mass is 16.5. The molecule has 0 spiro atoms. The van der Waals surface area contributed by atoms with Gasteiger partial charge in [0.2, 0.25) is 5.95 Å². The highest BCUT2D eigenvalue weighted by molar-refractivity contribution is 6.59. The summed E-state index contributed by atoms with van der Waals surface area (Å²) in [5.74, 6) is 1.72. The molecule has 7 nitrogen and oxygen atoms in total. The van der Waals surface area contributed by atoms with Gasteiger partial charge < -0.3 is 25.0 Å². The molecule has 0 saturated carbocycles. The second-order valence-corrected chi connectivity index (χ2v) is 7.07. The molecule has 2 aromatic carbocycles. The molecule has 1 aliphatic rings. The second-order valence-electron chi connectivity index (χ2n) is 7.07. The molecular weight excluding hydrogens is 367 g/mol. The van der Waals surface area contributed by atoms with Crippen molar-refractivity contribution in [2.75, 3.05) is 17.3 Å². The maximum atomic E-state index is 9.70. The lowest BCUT2D eigenvalue weighted by molar-refractivity contribution is 0.412. The number of nitrogens with zero attached hydrogens (tertiary/aromatic N) is 3. The monoisotopic (exact) mass is 390 g/mol. The van der Waals surface area contributed by atoms with E-state index in [-0.39, 0.29) is 6.04 Å². The van der Waals surface area contributed by atoms with Crippen LogP contribution in [0.5, 0.6) is 5.75 Å². The second kappa shape index (κ2) is 8.10. The van der Waals surface area contributed by atoms with Gasteiger partial charge in [0.05, 0.1) is 13.3 Å². The average molecular weight is 390 g/mol. The fourth-order valence-electron chi connectivity index (χ4n) is 3.75. The first-order chi connectivity index (χ1) is 14.1. The molecule has 0 saturated heterocycles. The third kappa shape index (κ3) is 3.77. The topological polar surface area (TPSA) is 90.7 Å². The van der Waals surface area contributed by atoms with Crippen molar-refractivity contribution in [3.8, 4) is 5.75 Å². The van der Waals surface area contributed by atoms with Crippen molar-refractivity contribution >= 4 is 30.0 Å². The predicted molar refractivity (Wildman–Crippen MR) is 114 cm³/mol. The first kappa shape index (κ1) is 19.2. The molecule has 8 heteroatoms. The molecule has 2 heterocycles. The summed E-state index contributed by atoms with van der Waals surface area (Å²) in [6, 6.07) is 15.7. The lowest BCUT2D eigenvalue weighted by atomic mass is 9.76. The maximum Gasteiger partial charge on any atom is 0.488 e. The predicted octanol–water partition coefficient (Wildman–Crippen LogP) is 1.86. The fraction of sp³-hybridized carbons (Fsp3) is 0.238. The normalized spacial score (nSPS) is 15.2. The van der Waals surface area contributed by atoms with E-state index in [9.17, 15) is 10.0 Å². The van der Waals surface area contributed by atoms with Crippen molar-refractivity contribution in [3.05, 3.63) is 65.9 Å². The third-order valence-electron chi connectivity index (χ3n) is 5.15. The minimum Gasteiger partial charge on any atom is -0.491 e. The Morgan fingerprint density at radius 2 is 1.97 bits per heavy atom. The molecule has 29 heavy (non-hydrogen) atoms. The summed E-state index contributed by atoms with van der Waals surface area (Å²) in [6.07, 6.45) is 2.34. The molecule has 0 amide bonds. The molecule has 1 unspecified atom stereocenters. The summed E-state index contributed by atoms with van der Waals surface area (Å²) in [7, 11) is 0.0892. The van der Waals surface area contributed by atoms with Crippen LogP contribution in [-0.2, 0) is 13.0 Å². The molecular formula is C21H23BN4O3. The summed E-state index contributed by atoms with van der Waals surface area (Å²) >= 11 is 0. The summed E-state index contributed by atoms with van der Waals surface area (Å²) in [4.78, 5) is 11.2. The van der Waals surface area contributed by atoms with Crippen LogP contribution in [0, 0.1) is 0 Å². The number of hydrogen-bond donors (Lipinski definition) is 3. The van der Waals surface area contributed by atoms with E-state index in [1.54, 1.807) is 19.4 Å². The Kier molecular flexibility index (Phi) is 5.37. The fourth-order valence-corrected chi connectivity index (χ4v) is 3.75. The lowest BCUT2D eigenvalue weighted by Crippen LogP contribution is -2.32. The van der Waals surface area contributed by atoms with Crippen molar-refractivity contribution < 1.29 is 14.8 Å². The lowest BCUT2D eigenvalue weighted by Gasteiger charge is -2.23. The Morgan fingerprint density at radius 3 is 2.69 bits per heavy atom. The van der Waals surface area contributed by atoms with Crippen molar-refractivity contribution in [2.24, 2.45) is 0 Å². The van der Waals surface area contributed by atoms with E-state index >= 15 is 0 Å². The number of ether oxygens (including phenoxy) is 1. The zero-order valence-corrected chi connectivity index (χ0v) is 16.4. The van der Waals surface area contributed by atoms with Gasteiger partial charge in [-0.1, -0.05) is 42.5 Å². The summed E-state index contributed by atoms with van der Waals surface area (Å²) in [6.45, 7) is 2.68. The molecule has 3 aromatic rings. The number of methoxy groups -OCH3 is 1. The number of benzene rings is 2. The van der Waals surface area contributed by atoms with Crippen LogP contribution in [0.3, 0.4) is 0 Å². The zero-order chi connectivity index (χ0) is 20.4. The molecule has 0 aliphatic carbocycles. The van der Waals surface area contributed by atoms with Gasteiger partial charge >= 0.3 is 7.12 Å². The number of rotatable bonds is 6. The Balaban J connectivity index is 1.67. The van der Waals surface area contributed by atoms with Gasteiger partial charge in [0.1, 0.15) is 0 Å². The number of anilines is 3. The molecule has 1 atom stereocenters. The Morgan fingerprint density at radius 1 is 1.17 bits per heavy atom. The van der Waals surface area contributed by atoms with Crippen molar-refractivity contribution in [1.29, 1.82) is 0 Å². The molecule has 148 valence electrons. The van der Waals surface area contributed by atoms with E-state index < -0.39 is 7.12 Å². The van der Waals surface area contributed by atoms with E-state index in [1.165, 1.54) is 0 Å². The number of hydrogen-bond acceptors (Lipinski definition) is 7. The number of fused-ring (bicyclic) bond motifs is 1. The van der Waals surface area contributed by atoms with Gasteiger partial charge in [0.15, 0.2) is 11.6 Å². The van der Waals surface area contributed by atoms with E-state index in [0.717, 1.165) is 16.8 Å². The minimum atomic E-state index is -1.50. The smallest absolute Gasteiger partial charge is 0.488 e. The average Bonchev–Trinajstić information content (AvgIpc) is 3.08. The molecule has 1 aliphatic heterocycles. The third-order valence-corrected chi connectivity index (χ3v) is 5.15. The van der Waals surface area contributed by atoms with Crippen LogP contribution in [0.25, 0.3) is 0 Å². The Hall–Kier alpha value is -3.10. The molecule has 0 fully saturated rings. The standard InChI is InChI=1S/C21H23BN4O3/c1-14-11-16-17(22(27)28)9-6-10-18(16)26(14)21-24-13-19(29-2)20(25-21)23-12-15-7-4-3-5-8-15/h3-10,13-14,27-28H,11-12H2,1-2H3,(H,23,24,25). The highest BCUT2D eigenvalue weighted by Crippen LogP contribution is 2.37. The summed E-state index contributed by atoms with van der Waals surface area (Å²) in [5, 5.41) is 22.7. The quantitative estimate of drug-likeness (QED) is 0.554. The van der Waals surface area contributed by atoms with Crippen LogP contribution >= 0.6 is 0 Å². The van der Waals surface area contributed by atoms with Crippen molar-refractivity contribution in [2.45, 2.75) is 25.9 Å². The van der Waals surface area contributed by atoms with Gasteiger partial charge in [-0.3, -0.25) is 0 Å². The van der Waals surface area contributed by atoms with Gasteiger partial charge in [-0.15, -0.1) is 0 Å². The van der Waals surface area contributed by atoms with E-state index in [1.807, 2.05) is 47.4 Å². The zero-order valence-electron chi connectivity index (χ0n) is 16.4. The van der Waals surface area contributed by atoms with Crippen LogP contribution in [0.15, 0.2) is 54.7 Å². The van der Waals surface area contributed by atoms with Gasteiger partial charge in [-0.05, 0) is 36.0 Å². The molecule has 3 N–H and O–H groups in total. The Bertz CT molecular complexity index is 1000. The van der Waals surface area contributed by atoms with Crippen LogP contribution in [0.1, 0.15) is 18.1 Å². The van der Waals surface area contributed by atoms with Crippen LogP contribution < -0.4 is 20.4 Å². The van der Waals surface area contributed by atoms with Gasteiger partial charge in [-0.2, -0.15) is 4.98 Å². The minimum absolute atomic E-state index is 0.0836. The molecule has 1 aromatic heterocycles. The Labute approximate surface area is 170 Å². The number of aromatic nitrogens is 2. The maximum absolute atomic E-state index is 9.70. The van der Waals surface area contributed by atoms with Crippen molar-refractivity contribution in [1.82, 2.24) is 9.97 Å². The van der Waals surface area contributed by atoms with Crippen LogP contribution in [-0.4, -0.2) is 40.3 Å². The first-order valence-corrected chi connectivity index (χ1v) is 9.54.